The molecule has 1 heterocycles. The topological polar surface area (TPSA) is 47.6 Å². The van der Waals surface area contributed by atoms with Gasteiger partial charge in [0.2, 0.25) is 0 Å². The molecule has 1 saturated heterocycles. The Morgan fingerprint density at radius 3 is 2.94 bits per heavy atom. The molecule has 0 aromatic rings. The third kappa shape index (κ3) is 5.35. The predicted octanol–water partition coefficient (Wildman–Crippen LogP) is 2.82. The average Bonchev–Trinajstić information content (AvgIpc) is 2.70. The Labute approximate surface area is 97.7 Å². The van der Waals surface area contributed by atoms with Gasteiger partial charge in [0.25, 0.3) is 0 Å². The van der Waals surface area contributed by atoms with E-state index in [2.05, 4.69) is 12.2 Å². The van der Waals surface area contributed by atoms with Crippen molar-refractivity contribution in [3.05, 3.63) is 0 Å². The van der Waals surface area contributed by atoms with E-state index in [1.165, 1.54) is 12.8 Å². The second-order valence-electron chi connectivity index (χ2n) is 4.38. The van der Waals surface area contributed by atoms with E-state index in [4.69, 9.17) is 9.47 Å². The highest BCUT2D eigenvalue weighted by atomic mass is 16.7. The fraction of sp³-hybridized carbons (Fsp3) is 0.917. The second kappa shape index (κ2) is 7.49. The summed E-state index contributed by atoms with van der Waals surface area (Å²) >= 11 is 0. The minimum Gasteiger partial charge on any atom is -0.431 e. The van der Waals surface area contributed by atoms with Gasteiger partial charge in [-0.25, -0.2) is 4.79 Å². The van der Waals surface area contributed by atoms with Crippen LogP contribution in [0.25, 0.3) is 0 Å². The molecule has 1 fully saturated rings. The first-order valence-corrected chi connectivity index (χ1v) is 6.33. The van der Waals surface area contributed by atoms with Gasteiger partial charge in [0.15, 0.2) is 6.23 Å². The highest BCUT2D eigenvalue weighted by Crippen LogP contribution is 2.10. The molecule has 0 aliphatic carbocycles. The lowest BCUT2D eigenvalue weighted by atomic mass is 10.1. The first-order chi connectivity index (χ1) is 7.72. The molecule has 1 rings (SSSR count). The van der Waals surface area contributed by atoms with Gasteiger partial charge in [-0.15, -0.1) is 0 Å². The molecule has 0 aromatic heterocycles. The van der Waals surface area contributed by atoms with Crippen LogP contribution < -0.4 is 5.32 Å². The van der Waals surface area contributed by atoms with Crippen molar-refractivity contribution < 1.29 is 14.3 Å². The van der Waals surface area contributed by atoms with E-state index in [-0.39, 0.29) is 12.3 Å². The molecule has 0 saturated carbocycles. The molecule has 2 unspecified atom stereocenters. The standard InChI is InChI=1S/C12H23NO3/c1-3-4-5-7-10(2)15-12(14)16-11-8-6-9-13-11/h10-11,13H,3-9H2,1-2H3. The zero-order valence-electron chi connectivity index (χ0n) is 10.3. The highest BCUT2D eigenvalue weighted by molar-refractivity contribution is 5.60. The zero-order chi connectivity index (χ0) is 11.8. The molecule has 4 heteroatoms. The van der Waals surface area contributed by atoms with Crippen LogP contribution in [0.2, 0.25) is 0 Å². The van der Waals surface area contributed by atoms with E-state index in [1.807, 2.05) is 6.92 Å². The van der Waals surface area contributed by atoms with Crippen molar-refractivity contribution in [2.45, 2.75) is 64.7 Å². The molecule has 16 heavy (non-hydrogen) atoms. The molecule has 2 atom stereocenters. The van der Waals surface area contributed by atoms with Crippen molar-refractivity contribution in [1.82, 2.24) is 5.32 Å². The van der Waals surface area contributed by atoms with Crippen LogP contribution >= 0.6 is 0 Å². The maximum Gasteiger partial charge on any atom is 0.510 e. The van der Waals surface area contributed by atoms with Crippen LogP contribution in [0.1, 0.15) is 52.4 Å². The lowest BCUT2D eigenvalue weighted by Gasteiger charge is -2.15. The lowest BCUT2D eigenvalue weighted by Crippen LogP contribution is -2.29. The van der Waals surface area contributed by atoms with Gasteiger partial charge in [0, 0.05) is 0 Å². The Morgan fingerprint density at radius 2 is 2.31 bits per heavy atom. The Balaban J connectivity index is 2.07. The maximum atomic E-state index is 11.4. The number of unbranched alkanes of at least 4 members (excludes halogenated alkanes) is 2. The van der Waals surface area contributed by atoms with Gasteiger partial charge >= 0.3 is 6.16 Å². The first kappa shape index (κ1) is 13.3. The highest BCUT2D eigenvalue weighted by Gasteiger charge is 2.20. The van der Waals surface area contributed by atoms with Crippen LogP contribution in [0, 0.1) is 0 Å². The van der Waals surface area contributed by atoms with E-state index in [9.17, 15) is 4.79 Å². The Morgan fingerprint density at radius 1 is 1.50 bits per heavy atom. The van der Waals surface area contributed by atoms with Crippen molar-refractivity contribution in [3.8, 4) is 0 Å². The zero-order valence-corrected chi connectivity index (χ0v) is 10.3. The normalized spacial score (nSPS) is 21.8. The van der Waals surface area contributed by atoms with Crippen LogP contribution in [0.15, 0.2) is 0 Å². The third-order valence-corrected chi connectivity index (χ3v) is 2.77. The number of hydrogen-bond acceptors (Lipinski definition) is 4. The van der Waals surface area contributed by atoms with Gasteiger partial charge in [0.1, 0.15) is 6.10 Å². The molecule has 0 aromatic carbocycles. The summed E-state index contributed by atoms with van der Waals surface area (Å²) in [6.07, 6.45) is 5.62. The summed E-state index contributed by atoms with van der Waals surface area (Å²) in [5.74, 6) is 0. The second-order valence-corrected chi connectivity index (χ2v) is 4.38. The summed E-state index contributed by atoms with van der Waals surface area (Å²) in [6.45, 7) is 4.99. The molecule has 1 aliphatic heterocycles. The number of carbonyl (C=O) groups is 1. The van der Waals surface area contributed by atoms with Crippen LogP contribution in [-0.2, 0) is 9.47 Å². The van der Waals surface area contributed by atoms with E-state index >= 15 is 0 Å². The molecule has 1 aliphatic rings. The quantitative estimate of drug-likeness (QED) is 0.562. The summed E-state index contributed by atoms with van der Waals surface area (Å²) in [6, 6.07) is 0. The monoisotopic (exact) mass is 229 g/mol. The van der Waals surface area contributed by atoms with E-state index in [1.54, 1.807) is 0 Å². The molecule has 0 amide bonds. The number of nitrogens with one attached hydrogen (secondary N) is 1. The van der Waals surface area contributed by atoms with Crippen LogP contribution in [0.3, 0.4) is 0 Å². The molecule has 4 nitrogen and oxygen atoms in total. The van der Waals surface area contributed by atoms with Gasteiger partial charge in [-0.3, -0.25) is 5.32 Å². The van der Waals surface area contributed by atoms with Crippen molar-refractivity contribution >= 4 is 6.16 Å². The SMILES string of the molecule is CCCCCC(C)OC(=O)OC1CCCN1. The Bertz CT molecular complexity index is 202. The fourth-order valence-electron chi connectivity index (χ4n) is 1.80. The molecular weight excluding hydrogens is 206 g/mol. The largest absolute Gasteiger partial charge is 0.510 e. The summed E-state index contributed by atoms with van der Waals surface area (Å²) in [7, 11) is 0. The predicted molar refractivity (Wildman–Crippen MR) is 62.2 cm³/mol. The molecule has 0 radical (unpaired) electrons. The van der Waals surface area contributed by atoms with Crippen LogP contribution in [0.4, 0.5) is 4.79 Å². The Hall–Kier alpha value is -0.770. The van der Waals surface area contributed by atoms with Crippen LogP contribution in [0.5, 0.6) is 0 Å². The summed E-state index contributed by atoms with van der Waals surface area (Å²) in [5.41, 5.74) is 0. The first-order valence-electron chi connectivity index (χ1n) is 6.33. The third-order valence-electron chi connectivity index (χ3n) is 2.77. The van der Waals surface area contributed by atoms with E-state index in [0.29, 0.717) is 0 Å². The number of rotatable bonds is 6. The van der Waals surface area contributed by atoms with Crippen molar-refractivity contribution in [3.63, 3.8) is 0 Å². The minimum absolute atomic E-state index is 0.0412. The van der Waals surface area contributed by atoms with Gasteiger partial charge in [0.05, 0.1) is 0 Å². The van der Waals surface area contributed by atoms with Gasteiger partial charge < -0.3 is 9.47 Å². The van der Waals surface area contributed by atoms with Gasteiger partial charge in [-0.2, -0.15) is 0 Å². The number of ether oxygens (including phenoxy) is 2. The summed E-state index contributed by atoms with van der Waals surface area (Å²) in [4.78, 5) is 11.4. The smallest absolute Gasteiger partial charge is 0.431 e. The van der Waals surface area contributed by atoms with Gasteiger partial charge in [-0.1, -0.05) is 19.8 Å². The molecule has 1 N–H and O–H groups in total. The van der Waals surface area contributed by atoms with Gasteiger partial charge in [-0.05, 0) is 39.2 Å². The molecular formula is C12H23NO3. The van der Waals surface area contributed by atoms with E-state index < -0.39 is 6.16 Å². The molecule has 94 valence electrons. The Kier molecular flexibility index (Phi) is 6.23. The molecule has 0 spiro atoms. The molecule has 0 bridgehead atoms. The maximum absolute atomic E-state index is 11.4. The summed E-state index contributed by atoms with van der Waals surface area (Å²) < 4.78 is 10.3. The minimum atomic E-state index is -0.539. The lowest BCUT2D eigenvalue weighted by molar-refractivity contribution is -0.00327. The van der Waals surface area contributed by atoms with E-state index in [0.717, 1.165) is 32.2 Å². The van der Waals surface area contributed by atoms with Crippen molar-refractivity contribution in [2.24, 2.45) is 0 Å². The van der Waals surface area contributed by atoms with Crippen molar-refractivity contribution in [2.75, 3.05) is 6.54 Å². The van der Waals surface area contributed by atoms with Crippen LogP contribution in [-0.4, -0.2) is 25.0 Å². The van der Waals surface area contributed by atoms with Crippen molar-refractivity contribution in [1.29, 1.82) is 0 Å². The average molecular weight is 229 g/mol. The summed E-state index contributed by atoms with van der Waals surface area (Å²) in [5, 5.41) is 3.09. The fourth-order valence-corrected chi connectivity index (χ4v) is 1.80. The number of hydrogen-bond donors (Lipinski definition) is 1. The number of carbonyl (C=O) groups excluding carboxylic acids is 1.